The van der Waals surface area contributed by atoms with Gasteiger partial charge in [0, 0.05) is 5.56 Å². The lowest BCUT2D eigenvalue weighted by molar-refractivity contribution is -0.656. The van der Waals surface area contributed by atoms with Crippen molar-refractivity contribution in [3.8, 4) is 0 Å². The van der Waals surface area contributed by atoms with E-state index in [1.807, 2.05) is 6.20 Å². The van der Waals surface area contributed by atoms with E-state index in [1.54, 1.807) is 0 Å². The van der Waals surface area contributed by atoms with Crippen LogP contribution in [0.4, 0.5) is 5.82 Å². The van der Waals surface area contributed by atoms with Crippen molar-refractivity contribution in [3.63, 3.8) is 0 Å². The second-order valence-corrected chi connectivity index (χ2v) is 3.55. The number of piperazine rings is 1. The van der Waals surface area contributed by atoms with Crippen LogP contribution in [0.25, 0.3) is 0 Å². The van der Waals surface area contributed by atoms with Crippen molar-refractivity contribution in [2.75, 3.05) is 31.1 Å². The summed E-state index contributed by atoms with van der Waals surface area (Å²) >= 11 is 0. The van der Waals surface area contributed by atoms with Gasteiger partial charge < -0.3 is 5.32 Å². The molecule has 3 N–H and O–H groups in total. The van der Waals surface area contributed by atoms with E-state index < -0.39 is 0 Å². The highest BCUT2D eigenvalue weighted by Crippen LogP contribution is 2.11. The van der Waals surface area contributed by atoms with Crippen LogP contribution < -0.4 is 15.2 Å². The maximum absolute atomic E-state index is 3.32. The molecule has 0 aliphatic carbocycles. The summed E-state index contributed by atoms with van der Waals surface area (Å²) in [5.41, 5.74) is 1.34. The lowest BCUT2D eigenvalue weighted by atomic mass is 10.2. The summed E-state index contributed by atoms with van der Waals surface area (Å²) in [4.78, 5) is 5.74. The number of quaternary nitrogens is 1. The second kappa shape index (κ2) is 3.75. The van der Waals surface area contributed by atoms with Crippen molar-refractivity contribution in [3.05, 3.63) is 23.9 Å². The quantitative estimate of drug-likeness (QED) is 0.601. The van der Waals surface area contributed by atoms with Gasteiger partial charge in [0.15, 0.2) is 0 Å². The monoisotopic (exact) mass is 179 g/mol. The van der Waals surface area contributed by atoms with Gasteiger partial charge in [0.05, 0.1) is 6.20 Å². The molecule has 0 radical (unpaired) electrons. The molecule has 13 heavy (non-hydrogen) atoms. The number of H-pyrrole nitrogens is 1. The van der Waals surface area contributed by atoms with Crippen molar-refractivity contribution < 1.29 is 10.3 Å². The van der Waals surface area contributed by atoms with Gasteiger partial charge in [-0.3, -0.25) is 0 Å². The molecule has 2 rings (SSSR count). The number of hydrogen-bond donors (Lipinski definition) is 1. The Morgan fingerprint density at radius 1 is 1.38 bits per heavy atom. The Hall–Kier alpha value is -1.09. The Balaban J connectivity index is 2.18. The lowest BCUT2D eigenvalue weighted by Gasteiger charge is -2.20. The molecule has 1 aromatic rings. The number of hydrogen-bond acceptors (Lipinski definition) is 1. The fourth-order valence-corrected chi connectivity index (χ4v) is 1.83. The zero-order valence-electron chi connectivity index (χ0n) is 8.09. The molecule has 1 saturated heterocycles. The Labute approximate surface area is 78.8 Å². The number of pyridine rings is 1. The van der Waals surface area contributed by atoms with Gasteiger partial charge in [0.2, 0.25) is 0 Å². The average Bonchev–Trinajstić information content (AvgIpc) is 2.20. The van der Waals surface area contributed by atoms with Crippen molar-refractivity contribution in [2.24, 2.45) is 0 Å². The van der Waals surface area contributed by atoms with Crippen LogP contribution in [0.5, 0.6) is 0 Å². The van der Waals surface area contributed by atoms with Crippen molar-refractivity contribution in [1.82, 2.24) is 0 Å². The molecule has 0 unspecified atom stereocenters. The zero-order chi connectivity index (χ0) is 9.10. The third-order valence-corrected chi connectivity index (χ3v) is 2.56. The number of anilines is 1. The van der Waals surface area contributed by atoms with Crippen LogP contribution in [-0.4, -0.2) is 26.2 Å². The molecule has 3 heteroatoms. The Bertz CT molecular complexity index is 279. The molecule has 70 valence electrons. The molecule has 1 aromatic heterocycles. The van der Waals surface area contributed by atoms with Gasteiger partial charge in [0.1, 0.15) is 26.2 Å². The maximum atomic E-state index is 3.32. The van der Waals surface area contributed by atoms with Gasteiger partial charge in [-0.25, -0.2) is 9.88 Å². The van der Waals surface area contributed by atoms with Crippen LogP contribution in [0.2, 0.25) is 0 Å². The predicted molar refractivity (Wildman–Crippen MR) is 51.6 cm³/mol. The molecule has 0 aromatic carbocycles. The number of aryl methyl sites for hydroxylation is 1. The van der Waals surface area contributed by atoms with E-state index in [0.29, 0.717) is 0 Å². The molecule has 1 aliphatic heterocycles. The molecule has 2 heterocycles. The normalized spacial score (nSPS) is 17.5. The smallest absolute Gasteiger partial charge is 0.277 e. The van der Waals surface area contributed by atoms with Gasteiger partial charge in [-0.15, -0.1) is 0 Å². The summed E-state index contributed by atoms with van der Waals surface area (Å²) in [5, 5.41) is 2.37. The van der Waals surface area contributed by atoms with E-state index in [-0.39, 0.29) is 0 Å². The van der Waals surface area contributed by atoms with Crippen LogP contribution >= 0.6 is 0 Å². The number of nitrogens with two attached hydrogens (primary N) is 1. The van der Waals surface area contributed by atoms with Gasteiger partial charge in [-0.05, 0) is 19.1 Å². The molecular weight excluding hydrogens is 162 g/mol. The molecule has 1 aliphatic rings. The number of nitrogens with one attached hydrogen (secondary N) is 1. The number of aromatic amines is 1. The van der Waals surface area contributed by atoms with E-state index in [4.69, 9.17) is 0 Å². The average molecular weight is 179 g/mol. The van der Waals surface area contributed by atoms with Crippen LogP contribution in [-0.2, 0) is 0 Å². The molecule has 0 bridgehead atoms. The van der Waals surface area contributed by atoms with Crippen LogP contribution in [0, 0.1) is 6.92 Å². The third-order valence-electron chi connectivity index (χ3n) is 2.56. The van der Waals surface area contributed by atoms with Gasteiger partial charge in [-0.2, -0.15) is 0 Å². The predicted octanol–water partition coefficient (Wildman–Crippen LogP) is -0.807. The minimum Gasteiger partial charge on any atom is -0.340 e. The van der Waals surface area contributed by atoms with Crippen molar-refractivity contribution >= 4 is 5.82 Å². The van der Waals surface area contributed by atoms with Crippen LogP contribution in [0.15, 0.2) is 18.3 Å². The standard InChI is InChI=1S/C10H15N3/c1-9-3-2-4-12-10(9)13-7-5-11-6-8-13/h2-4,11H,5-8H2,1H3/p+2. The summed E-state index contributed by atoms with van der Waals surface area (Å²) in [6.45, 7) is 6.89. The first-order chi connectivity index (χ1) is 6.38. The van der Waals surface area contributed by atoms with Crippen LogP contribution in [0.3, 0.4) is 0 Å². The minimum absolute atomic E-state index is 1.15. The summed E-state index contributed by atoms with van der Waals surface area (Å²) in [6, 6.07) is 4.21. The molecule has 0 saturated carbocycles. The molecule has 0 spiro atoms. The molecule has 0 amide bonds. The van der Waals surface area contributed by atoms with Gasteiger partial charge in [-0.1, -0.05) is 0 Å². The van der Waals surface area contributed by atoms with Crippen molar-refractivity contribution in [1.29, 1.82) is 0 Å². The van der Waals surface area contributed by atoms with Gasteiger partial charge in [0.25, 0.3) is 5.82 Å². The highest BCUT2D eigenvalue weighted by Gasteiger charge is 2.21. The number of rotatable bonds is 1. The molecular formula is C10H17N3+2. The molecule has 3 nitrogen and oxygen atoms in total. The van der Waals surface area contributed by atoms with E-state index >= 15 is 0 Å². The van der Waals surface area contributed by atoms with E-state index in [1.165, 1.54) is 24.5 Å². The topological polar surface area (TPSA) is 34.0 Å². The first kappa shape index (κ1) is 8.51. The largest absolute Gasteiger partial charge is 0.340 e. The Morgan fingerprint density at radius 2 is 2.15 bits per heavy atom. The Kier molecular flexibility index (Phi) is 2.45. The van der Waals surface area contributed by atoms with E-state index in [0.717, 1.165) is 13.1 Å². The van der Waals surface area contributed by atoms with Crippen molar-refractivity contribution in [2.45, 2.75) is 6.92 Å². The lowest BCUT2D eigenvalue weighted by Crippen LogP contribution is -2.90. The fourth-order valence-electron chi connectivity index (χ4n) is 1.83. The van der Waals surface area contributed by atoms with E-state index in [2.05, 4.69) is 34.3 Å². The first-order valence-corrected chi connectivity index (χ1v) is 4.92. The number of aromatic nitrogens is 1. The van der Waals surface area contributed by atoms with E-state index in [9.17, 15) is 0 Å². The SMILES string of the molecule is Cc1ccc[nH+]c1N1CC[NH2+]CC1. The number of nitrogens with zero attached hydrogens (tertiary/aromatic N) is 1. The summed E-state index contributed by atoms with van der Waals surface area (Å²) in [6.07, 6.45) is 2.00. The summed E-state index contributed by atoms with van der Waals surface area (Å²) in [5.74, 6) is 1.29. The molecule has 0 atom stereocenters. The minimum atomic E-state index is 1.15. The second-order valence-electron chi connectivity index (χ2n) is 3.55. The highest BCUT2D eigenvalue weighted by molar-refractivity contribution is 5.40. The molecule has 1 fully saturated rings. The Morgan fingerprint density at radius 3 is 2.85 bits per heavy atom. The maximum Gasteiger partial charge on any atom is 0.277 e. The first-order valence-electron chi connectivity index (χ1n) is 4.92. The zero-order valence-corrected chi connectivity index (χ0v) is 8.09. The third kappa shape index (κ3) is 1.80. The van der Waals surface area contributed by atoms with Crippen LogP contribution in [0.1, 0.15) is 5.56 Å². The highest BCUT2D eigenvalue weighted by atomic mass is 15.2. The summed E-state index contributed by atoms with van der Waals surface area (Å²) < 4.78 is 0. The van der Waals surface area contributed by atoms with Gasteiger partial charge >= 0.3 is 0 Å². The summed E-state index contributed by atoms with van der Waals surface area (Å²) in [7, 11) is 0. The fraction of sp³-hybridized carbons (Fsp3) is 0.500.